The fourth-order valence-electron chi connectivity index (χ4n) is 1.10. The number of aromatic hydroxyl groups is 1. The Morgan fingerprint density at radius 3 is 2.43 bits per heavy atom. The van der Waals surface area contributed by atoms with Gasteiger partial charge in [0.1, 0.15) is 5.75 Å². The van der Waals surface area contributed by atoms with Crippen molar-refractivity contribution in [3.63, 3.8) is 0 Å². The van der Waals surface area contributed by atoms with Gasteiger partial charge in [-0.3, -0.25) is 0 Å². The molecule has 0 aliphatic rings. The van der Waals surface area contributed by atoms with E-state index in [0.717, 1.165) is 11.7 Å². The second kappa shape index (κ2) is 5.97. The van der Waals surface area contributed by atoms with Crippen LogP contribution in [-0.4, -0.2) is 10.9 Å². The standard InChI is InChI=1S/C12H18OS/c1-10(2)7-8-14-9-11-3-5-12(13)6-4-11/h3-6,10,13H,7-9H2,1-2H3. The largest absolute Gasteiger partial charge is 0.508 e. The highest BCUT2D eigenvalue weighted by atomic mass is 32.2. The zero-order valence-corrected chi connectivity index (χ0v) is 9.68. The molecule has 14 heavy (non-hydrogen) atoms. The Balaban J connectivity index is 2.21. The van der Waals surface area contributed by atoms with E-state index < -0.39 is 0 Å². The fraction of sp³-hybridized carbons (Fsp3) is 0.500. The first kappa shape index (κ1) is 11.4. The third-order valence-corrected chi connectivity index (χ3v) is 3.11. The highest BCUT2D eigenvalue weighted by Gasteiger charge is 1.96. The van der Waals surface area contributed by atoms with E-state index in [2.05, 4.69) is 13.8 Å². The molecule has 0 aliphatic carbocycles. The quantitative estimate of drug-likeness (QED) is 0.748. The number of hydrogen-bond acceptors (Lipinski definition) is 2. The van der Waals surface area contributed by atoms with Crippen molar-refractivity contribution in [2.45, 2.75) is 26.0 Å². The summed E-state index contributed by atoms with van der Waals surface area (Å²) in [7, 11) is 0. The molecule has 0 heterocycles. The van der Waals surface area contributed by atoms with Crippen LogP contribution in [-0.2, 0) is 5.75 Å². The topological polar surface area (TPSA) is 20.2 Å². The maximum atomic E-state index is 9.09. The molecule has 1 nitrogen and oxygen atoms in total. The maximum absolute atomic E-state index is 9.09. The highest BCUT2D eigenvalue weighted by Crippen LogP contribution is 2.17. The molecule has 0 aliphatic heterocycles. The zero-order valence-electron chi connectivity index (χ0n) is 8.86. The van der Waals surface area contributed by atoms with Crippen LogP contribution in [0.2, 0.25) is 0 Å². The first-order chi connectivity index (χ1) is 6.68. The minimum atomic E-state index is 0.348. The molecule has 1 rings (SSSR count). The van der Waals surface area contributed by atoms with Crippen LogP contribution in [0.5, 0.6) is 5.75 Å². The van der Waals surface area contributed by atoms with Gasteiger partial charge >= 0.3 is 0 Å². The Morgan fingerprint density at radius 2 is 1.86 bits per heavy atom. The smallest absolute Gasteiger partial charge is 0.115 e. The van der Waals surface area contributed by atoms with Gasteiger partial charge in [0, 0.05) is 5.75 Å². The highest BCUT2D eigenvalue weighted by molar-refractivity contribution is 7.98. The van der Waals surface area contributed by atoms with E-state index in [4.69, 9.17) is 5.11 Å². The third kappa shape index (κ3) is 4.56. The predicted molar refractivity (Wildman–Crippen MR) is 63.7 cm³/mol. The SMILES string of the molecule is CC(C)CCSCc1ccc(O)cc1. The van der Waals surface area contributed by atoms with Crippen molar-refractivity contribution in [1.82, 2.24) is 0 Å². The maximum Gasteiger partial charge on any atom is 0.115 e. The van der Waals surface area contributed by atoms with Crippen molar-refractivity contribution in [1.29, 1.82) is 0 Å². The van der Waals surface area contributed by atoms with Crippen molar-refractivity contribution in [3.8, 4) is 5.75 Å². The Kier molecular flexibility index (Phi) is 4.88. The van der Waals surface area contributed by atoms with Gasteiger partial charge in [-0.25, -0.2) is 0 Å². The first-order valence-electron chi connectivity index (χ1n) is 5.04. The number of hydrogen-bond donors (Lipinski definition) is 1. The molecule has 0 aromatic heterocycles. The van der Waals surface area contributed by atoms with Crippen LogP contribution in [0.4, 0.5) is 0 Å². The predicted octanol–water partition coefficient (Wildman–Crippen LogP) is 3.67. The second-order valence-corrected chi connectivity index (χ2v) is 5.01. The molecule has 0 spiro atoms. The third-order valence-electron chi connectivity index (χ3n) is 2.04. The van der Waals surface area contributed by atoms with E-state index in [0.29, 0.717) is 5.75 Å². The fourth-order valence-corrected chi connectivity index (χ4v) is 2.31. The Morgan fingerprint density at radius 1 is 1.21 bits per heavy atom. The molecule has 2 heteroatoms. The molecule has 0 radical (unpaired) electrons. The summed E-state index contributed by atoms with van der Waals surface area (Å²) in [6, 6.07) is 7.46. The van der Waals surface area contributed by atoms with Crippen LogP contribution < -0.4 is 0 Å². The summed E-state index contributed by atoms with van der Waals surface area (Å²) in [6.45, 7) is 4.50. The van der Waals surface area contributed by atoms with Gasteiger partial charge in [-0.05, 0) is 35.8 Å². The van der Waals surface area contributed by atoms with Crippen molar-refractivity contribution in [2.24, 2.45) is 5.92 Å². The van der Waals surface area contributed by atoms with Crippen LogP contribution >= 0.6 is 11.8 Å². The Hall–Kier alpha value is -0.630. The van der Waals surface area contributed by atoms with E-state index >= 15 is 0 Å². The number of phenols is 1. The molecule has 0 amide bonds. The summed E-state index contributed by atoms with van der Waals surface area (Å²) < 4.78 is 0. The minimum Gasteiger partial charge on any atom is -0.508 e. The van der Waals surface area contributed by atoms with Crippen LogP contribution in [0.1, 0.15) is 25.8 Å². The molecule has 1 N–H and O–H groups in total. The summed E-state index contributed by atoms with van der Waals surface area (Å²) in [4.78, 5) is 0. The number of rotatable bonds is 5. The zero-order chi connectivity index (χ0) is 10.4. The molecular formula is C12H18OS. The van der Waals surface area contributed by atoms with E-state index in [9.17, 15) is 0 Å². The summed E-state index contributed by atoms with van der Waals surface area (Å²) in [5, 5.41) is 9.09. The van der Waals surface area contributed by atoms with Crippen molar-refractivity contribution in [2.75, 3.05) is 5.75 Å². The van der Waals surface area contributed by atoms with Gasteiger partial charge < -0.3 is 5.11 Å². The van der Waals surface area contributed by atoms with Gasteiger partial charge in [0.15, 0.2) is 0 Å². The number of thioether (sulfide) groups is 1. The molecule has 0 bridgehead atoms. The van der Waals surface area contributed by atoms with Crippen LogP contribution in [0, 0.1) is 5.92 Å². The lowest BCUT2D eigenvalue weighted by Crippen LogP contribution is -1.90. The molecule has 0 saturated heterocycles. The lowest BCUT2D eigenvalue weighted by atomic mass is 10.2. The molecule has 1 aromatic rings. The summed E-state index contributed by atoms with van der Waals surface area (Å²) in [5.74, 6) is 3.41. The summed E-state index contributed by atoms with van der Waals surface area (Å²) >= 11 is 1.96. The average molecular weight is 210 g/mol. The van der Waals surface area contributed by atoms with Crippen molar-refractivity contribution >= 4 is 11.8 Å². The lowest BCUT2D eigenvalue weighted by molar-refractivity contribution is 0.475. The second-order valence-electron chi connectivity index (χ2n) is 3.90. The van der Waals surface area contributed by atoms with Crippen molar-refractivity contribution in [3.05, 3.63) is 29.8 Å². The minimum absolute atomic E-state index is 0.348. The molecule has 78 valence electrons. The van der Waals surface area contributed by atoms with E-state index in [1.165, 1.54) is 17.7 Å². The van der Waals surface area contributed by atoms with Crippen molar-refractivity contribution < 1.29 is 5.11 Å². The number of benzene rings is 1. The molecule has 1 aromatic carbocycles. The van der Waals surface area contributed by atoms with Gasteiger partial charge in [0.05, 0.1) is 0 Å². The van der Waals surface area contributed by atoms with E-state index in [-0.39, 0.29) is 0 Å². The molecule has 0 atom stereocenters. The molecule has 0 fully saturated rings. The average Bonchev–Trinajstić information content (AvgIpc) is 2.15. The summed E-state index contributed by atoms with van der Waals surface area (Å²) in [6.07, 6.45) is 1.28. The summed E-state index contributed by atoms with van der Waals surface area (Å²) in [5.41, 5.74) is 1.29. The first-order valence-corrected chi connectivity index (χ1v) is 6.19. The van der Waals surface area contributed by atoms with Crippen LogP contribution in [0.25, 0.3) is 0 Å². The normalized spacial score (nSPS) is 10.8. The molecule has 0 unspecified atom stereocenters. The van der Waals surface area contributed by atoms with Gasteiger partial charge in [-0.2, -0.15) is 11.8 Å². The number of phenolic OH excluding ortho intramolecular Hbond substituents is 1. The molecule has 0 saturated carbocycles. The lowest BCUT2D eigenvalue weighted by Gasteiger charge is -2.04. The van der Waals surface area contributed by atoms with Gasteiger partial charge in [0.2, 0.25) is 0 Å². The molecular weight excluding hydrogens is 192 g/mol. The van der Waals surface area contributed by atoms with Crippen LogP contribution in [0.3, 0.4) is 0 Å². The van der Waals surface area contributed by atoms with Gasteiger partial charge in [-0.15, -0.1) is 0 Å². The van der Waals surface area contributed by atoms with Gasteiger partial charge in [0.25, 0.3) is 0 Å². The van der Waals surface area contributed by atoms with Gasteiger partial charge in [-0.1, -0.05) is 26.0 Å². The van der Waals surface area contributed by atoms with Crippen LogP contribution in [0.15, 0.2) is 24.3 Å². The Bertz CT molecular complexity index is 254. The Labute approximate surface area is 90.5 Å². The van der Waals surface area contributed by atoms with E-state index in [1.54, 1.807) is 12.1 Å². The van der Waals surface area contributed by atoms with E-state index in [1.807, 2.05) is 23.9 Å². The monoisotopic (exact) mass is 210 g/mol.